The molecule has 1 aliphatic carbocycles. The van der Waals surface area contributed by atoms with Gasteiger partial charge < -0.3 is 15.6 Å². The number of carbonyl (C=O) groups excluding carboxylic acids is 1. The number of hydrogen-bond acceptors (Lipinski definition) is 3. The van der Waals surface area contributed by atoms with E-state index in [9.17, 15) is 4.79 Å². The molecule has 3 rings (SSSR count). The Kier molecular flexibility index (Phi) is 3.51. The highest BCUT2D eigenvalue weighted by Crippen LogP contribution is 2.32. The predicted molar refractivity (Wildman–Crippen MR) is 82.4 cm³/mol. The summed E-state index contributed by atoms with van der Waals surface area (Å²) in [6, 6.07) is 7.32. The van der Waals surface area contributed by atoms with E-state index < -0.39 is 0 Å². The van der Waals surface area contributed by atoms with Gasteiger partial charge in [0.15, 0.2) is 0 Å². The molecule has 110 valence electrons. The van der Waals surface area contributed by atoms with Gasteiger partial charge in [-0.15, -0.1) is 0 Å². The molecular formula is C16H20N4O. The quantitative estimate of drug-likeness (QED) is 0.903. The van der Waals surface area contributed by atoms with Gasteiger partial charge >= 0.3 is 0 Å². The van der Waals surface area contributed by atoms with Gasteiger partial charge in [0.25, 0.3) is 0 Å². The molecule has 1 aromatic carbocycles. The van der Waals surface area contributed by atoms with Crippen molar-refractivity contribution >= 4 is 11.6 Å². The van der Waals surface area contributed by atoms with Crippen LogP contribution in [0.1, 0.15) is 24.2 Å². The van der Waals surface area contributed by atoms with Crippen molar-refractivity contribution < 1.29 is 4.79 Å². The van der Waals surface area contributed by atoms with Crippen molar-refractivity contribution in [3.05, 3.63) is 42.0 Å². The number of imidazole rings is 1. The van der Waals surface area contributed by atoms with Crippen LogP contribution < -0.4 is 11.1 Å². The number of carbonyl (C=O) groups is 1. The van der Waals surface area contributed by atoms with E-state index in [2.05, 4.69) is 10.3 Å². The summed E-state index contributed by atoms with van der Waals surface area (Å²) in [5.41, 5.74) is 9.82. The first kappa shape index (κ1) is 13.8. The Balaban J connectivity index is 1.72. The maximum absolute atomic E-state index is 12.0. The number of anilines is 1. The van der Waals surface area contributed by atoms with Gasteiger partial charge in [-0.2, -0.15) is 0 Å². The van der Waals surface area contributed by atoms with Crippen LogP contribution in [0, 0.1) is 19.8 Å². The van der Waals surface area contributed by atoms with Gasteiger partial charge in [-0.05, 0) is 56.9 Å². The molecule has 2 aromatic rings. The number of rotatable bonds is 4. The van der Waals surface area contributed by atoms with E-state index in [4.69, 9.17) is 5.73 Å². The highest BCUT2D eigenvalue weighted by molar-refractivity contribution is 5.95. The van der Waals surface area contributed by atoms with Gasteiger partial charge in [-0.1, -0.05) is 0 Å². The number of aryl methyl sites for hydroxylation is 1. The molecule has 21 heavy (non-hydrogen) atoms. The average Bonchev–Trinajstić information content (AvgIpc) is 3.27. The van der Waals surface area contributed by atoms with Crippen molar-refractivity contribution in [3.8, 4) is 5.69 Å². The van der Waals surface area contributed by atoms with Crippen LogP contribution in [0.2, 0.25) is 0 Å². The first-order chi connectivity index (χ1) is 10.1. The van der Waals surface area contributed by atoms with Crippen molar-refractivity contribution in [1.82, 2.24) is 9.55 Å². The number of nitrogens with zero attached hydrogens (tertiary/aromatic N) is 2. The molecule has 3 N–H and O–H groups in total. The van der Waals surface area contributed by atoms with E-state index in [1.807, 2.05) is 42.7 Å². The summed E-state index contributed by atoms with van der Waals surface area (Å²) in [6.45, 7) is 4.02. The second-order valence-electron chi connectivity index (χ2n) is 5.68. The lowest BCUT2D eigenvalue weighted by atomic mass is 10.2. The summed E-state index contributed by atoms with van der Waals surface area (Å²) < 4.78 is 2.02. The summed E-state index contributed by atoms with van der Waals surface area (Å²) >= 11 is 0. The van der Waals surface area contributed by atoms with Crippen LogP contribution in [-0.4, -0.2) is 21.5 Å². The van der Waals surface area contributed by atoms with Gasteiger partial charge in [-0.25, -0.2) is 4.98 Å². The Morgan fingerprint density at radius 3 is 2.52 bits per heavy atom. The third-order valence-electron chi connectivity index (χ3n) is 4.10. The molecule has 0 bridgehead atoms. The van der Waals surface area contributed by atoms with Gasteiger partial charge in [-0.3, -0.25) is 4.79 Å². The molecule has 1 atom stereocenters. The Bertz CT molecular complexity index is 655. The fourth-order valence-corrected chi connectivity index (χ4v) is 2.36. The second-order valence-corrected chi connectivity index (χ2v) is 5.68. The van der Waals surface area contributed by atoms with Crippen LogP contribution in [0.15, 0.2) is 30.6 Å². The summed E-state index contributed by atoms with van der Waals surface area (Å²) in [5.74, 6) is 0.265. The molecule has 1 aliphatic rings. The monoisotopic (exact) mass is 284 g/mol. The van der Waals surface area contributed by atoms with E-state index in [1.54, 1.807) is 6.33 Å². The third kappa shape index (κ3) is 2.83. The van der Waals surface area contributed by atoms with Crippen LogP contribution in [0.25, 0.3) is 5.69 Å². The fourth-order valence-electron chi connectivity index (χ4n) is 2.36. The van der Waals surface area contributed by atoms with Crippen LogP contribution in [0.5, 0.6) is 0 Å². The zero-order valence-corrected chi connectivity index (χ0v) is 12.3. The van der Waals surface area contributed by atoms with Crippen molar-refractivity contribution in [1.29, 1.82) is 0 Å². The zero-order chi connectivity index (χ0) is 15.0. The van der Waals surface area contributed by atoms with E-state index in [0.29, 0.717) is 5.92 Å². The van der Waals surface area contributed by atoms with Crippen molar-refractivity contribution in [2.75, 3.05) is 5.32 Å². The highest BCUT2D eigenvalue weighted by Gasteiger charge is 2.33. The van der Waals surface area contributed by atoms with Crippen LogP contribution in [0.4, 0.5) is 5.69 Å². The van der Waals surface area contributed by atoms with E-state index in [1.165, 1.54) is 0 Å². The van der Waals surface area contributed by atoms with Gasteiger partial charge in [0.2, 0.25) is 5.91 Å². The van der Waals surface area contributed by atoms with Gasteiger partial charge in [0.05, 0.1) is 18.1 Å². The zero-order valence-electron chi connectivity index (χ0n) is 12.3. The Labute approximate surface area is 124 Å². The molecule has 0 unspecified atom stereocenters. The first-order valence-electron chi connectivity index (χ1n) is 7.23. The second kappa shape index (κ2) is 5.33. The molecule has 0 aliphatic heterocycles. The third-order valence-corrected chi connectivity index (χ3v) is 4.10. The molecular weight excluding hydrogens is 264 g/mol. The number of aromatic nitrogens is 2. The van der Waals surface area contributed by atoms with Gasteiger partial charge in [0.1, 0.15) is 0 Å². The molecule has 0 saturated heterocycles. The van der Waals surface area contributed by atoms with Gasteiger partial charge in [0, 0.05) is 17.1 Å². The smallest absolute Gasteiger partial charge is 0.241 e. The topological polar surface area (TPSA) is 72.9 Å². The van der Waals surface area contributed by atoms with Crippen LogP contribution in [-0.2, 0) is 4.79 Å². The van der Waals surface area contributed by atoms with E-state index >= 15 is 0 Å². The molecule has 1 saturated carbocycles. The molecule has 5 nitrogen and oxygen atoms in total. The molecule has 5 heteroatoms. The average molecular weight is 284 g/mol. The standard InChI is InChI=1S/C16H20N4O/c1-10-11(2)20(9-18-10)14-7-5-13(6-8-14)19-16(21)15(17)12-3-4-12/h5-9,12,15H,3-4,17H2,1-2H3,(H,19,21)/t15-/m0/s1. The molecule has 1 heterocycles. The number of amides is 1. The fraction of sp³-hybridized carbons (Fsp3) is 0.375. The largest absolute Gasteiger partial charge is 0.325 e. The highest BCUT2D eigenvalue weighted by atomic mass is 16.2. The van der Waals surface area contributed by atoms with E-state index in [-0.39, 0.29) is 11.9 Å². The number of nitrogens with two attached hydrogens (primary N) is 1. The number of nitrogens with one attached hydrogen (secondary N) is 1. The van der Waals surface area contributed by atoms with Crippen molar-refractivity contribution in [3.63, 3.8) is 0 Å². The van der Waals surface area contributed by atoms with Crippen LogP contribution in [0.3, 0.4) is 0 Å². The maximum atomic E-state index is 12.0. The summed E-state index contributed by atoms with van der Waals surface area (Å²) in [7, 11) is 0. The molecule has 0 spiro atoms. The molecule has 0 radical (unpaired) electrons. The SMILES string of the molecule is Cc1ncn(-c2ccc(NC(=O)[C@@H](N)C3CC3)cc2)c1C. The van der Waals surface area contributed by atoms with E-state index in [0.717, 1.165) is 35.6 Å². The number of benzene rings is 1. The Hall–Kier alpha value is -2.14. The molecule has 1 amide bonds. The summed E-state index contributed by atoms with van der Waals surface area (Å²) in [6.07, 6.45) is 3.93. The lowest BCUT2D eigenvalue weighted by Crippen LogP contribution is -2.37. The summed E-state index contributed by atoms with van der Waals surface area (Å²) in [4.78, 5) is 16.2. The predicted octanol–water partition coefficient (Wildman–Crippen LogP) is 2.16. The normalized spacial score (nSPS) is 15.8. The Morgan fingerprint density at radius 2 is 2.00 bits per heavy atom. The molecule has 1 fully saturated rings. The maximum Gasteiger partial charge on any atom is 0.241 e. The minimum atomic E-state index is -0.386. The van der Waals surface area contributed by atoms with Crippen molar-refractivity contribution in [2.45, 2.75) is 32.7 Å². The minimum Gasteiger partial charge on any atom is -0.325 e. The lowest BCUT2D eigenvalue weighted by molar-refractivity contribution is -0.117. The van der Waals surface area contributed by atoms with Crippen LogP contribution >= 0.6 is 0 Å². The number of hydrogen-bond donors (Lipinski definition) is 2. The Morgan fingerprint density at radius 1 is 1.33 bits per heavy atom. The summed E-state index contributed by atoms with van der Waals surface area (Å²) in [5, 5.41) is 2.87. The minimum absolute atomic E-state index is 0.0973. The van der Waals surface area contributed by atoms with Crippen molar-refractivity contribution in [2.24, 2.45) is 11.7 Å². The first-order valence-corrected chi connectivity index (χ1v) is 7.23. The lowest BCUT2D eigenvalue weighted by Gasteiger charge is -2.12. The molecule has 1 aromatic heterocycles.